The van der Waals surface area contributed by atoms with Crippen LogP contribution in [0.5, 0.6) is 11.5 Å². The maximum absolute atomic E-state index is 12.4. The van der Waals surface area contributed by atoms with Crippen LogP contribution < -0.4 is 20.0 Å². The summed E-state index contributed by atoms with van der Waals surface area (Å²) >= 11 is 3.13. The van der Waals surface area contributed by atoms with E-state index in [4.69, 9.17) is 0 Å². The Bertz CT molecular complexity index is 1600. The molecular formula is C34H34CuN4O2S2. The zero-order chi connectivity index (χ0) is 29.6. The molecule has 4 aromatic carbocycles. The zero-order valence-corrected chi connectivity index (χ0v) is 27.2. The molecule has 0 spiro atoms. The quantitative estimate of drug-likeness (QED) is 0.156. The van der Waals surface area contributed by atoms with Gasteiger partial charge in [0.05, 0.1) is 20.4 Å². The summed E-state index contributed by atoms with van der Waals surface area (Å²) in [7, 11) is 0. The number of hydrogen-bond acceptors (Lipinski definition) is 8. The molecule has 6 rings (SSSR count). The minimum Gasteiger partial charge on any atom is -0.872 e. The molecule has 6 nitrogen and oxygen atoms in total. The molecule has 0 atom stereocenters. The van der Waals surface area contributed by atoms with E-state index >= 15 is 0 Å². The number of rotatable bonds is 8. The van der Waals surface area contributed by atoms with Crippen LogP contribution in [0.25, 0.3) is 41.6 Å². The maximum atomic E-state index is 12.4. The van der Waals surface area contributed by atoms with E-state index in [9.17, 15) is 10.2 Å². The van der Waals surface area contributed by atoms with Gasteiger partial charge in [0.2, 0.25) is 0 Å². The van der Waals surface area contributed by atoms with E-state index in [-0.39, 0.29) is 28.6 Å². The van der Waals surface area contributed by atoms with Crippen molar-refractivity contribution in [3.05, 3.63) is 84.9 Å². The third kappa shape index (κ3) is 7.13. The van der Waals surface area contributed by atoms with Crippen LogP contribution in [0.2, 0.25) is 0 Å². The van der Waals surface area contributed by atoms with Crippen LogP contribution in [-0.4, -0.2) is 36.1 Å². The van der Waals surface area contributed by atoms with Crippen LogP contribution >= 0.6 is 22.7 Å². The summed E-state index contributed by atoms with van der Waals surface area (Å²) in [5.74, 6) is 0.0805. The average Bonchev–Trinajstić information content (AvgIpc) is 3.63. The van der Waals surface area contributed by atoms with Crippen molar-refractivity contribution in [1.29, 1.82) is 0 Å². The Morgan fingerprint density at radius 3 is 1.26 bits per heavy atom. The maximum Gasteiger partial charge on any atom is 2.00 e. The largest absolute Gasteiger partial charge is 2.00 e. The van der Waals surface area contributed by atoms with Gasteiger partial charge in [0.15, 0.2) is 0 Å². The van der Waals surface area contributed by atoms with Crippen molar-refractivity contribution in [2.45, 2.75) is 27.7 Å². The van der Waals surface area contributed by atoms with Gasteiger partial charge in [-0.1, -0.05) is 47.9 Å². The van der Waals surface area contributed by atoms with Crippen molar-refractivity contribution in [2.24, 2.45) is 0 Å². The summed E-state index contributed by atoms with van der Waals surface area (Å²) in [4.78, 5) is 13.5. The van der Waals surface area contributed by atoms with Crippen molar-refractivity contribution in [3.63, 3.8) is 0 Å². The first-order valence-corrected chi connectivity index (χ1v) is 15.9. The van der Waals surface area contributed by atoms with E-state index in [2.05, 4.69) is 47.5 Å². The van der Waals surface area contributed by atoms with Gasteiger partial charge in [-0.05, 0) is 76.2 Å². The Labute approximate surface area is 271 Å². The third-order valence-electron chi connectivity index (χ3n) is 7.24. The Hall–Kier alpha value is -3.62. The van der Waals surface area contributed by atoms with Crippen LogP contribution in [0.1, 0.15) is 27.7 Å². The van der Waals surface area contributed by atoms with Gasteiger partial charge in [-0.25, -0.2) is 9.97 Å². The van der Waals surface area contributed by atoms with E-state index in [0.29, 0.717) is 11.1 Å². The monoisotopic (exact) mass is 657 g/mol. The molecule has 2 aromatic heterocycles. The van der Waals surface area contributed by atoms with Gasteiger partial charge in [0.25, 0.3) is 0 Å². The SMILES string of the molecule is CCN(CC)c1ccc(-c2nc3ccccc3s2)c([O-])c1.CCN(CC)c1ccc(-c2nc3ccccc3s2)c([O-])c1.[Cu+2]. The first-order chi connectivity index (χ1) is 20.4. The van der Waals surface area contributed by atoms with Crippen molar-refractivity contribution >= 4 is 54.5 Å². The molecule has 6 aromatic rings. The second kappa shape index (κ2) is 14.7. The van der Waals surface area contributed by atoms with E-state index in [0.717, 1.165) is 68.0 Å². The molecule has 2 heterocycles. The van der Waals surface area contributed by atoms with Gasteiger partial charge in [-0.2, -0.15) is 0 Å². The molecule has 0 fully saturated rings. The molecule has 0 saturated carbocycles. The topological polar surface area (TPSA) is 78.4 Å². The summed E-state index contributed by atoms with van der Waals surface area (Å²) in [6, 6.07) is 27.2. The summed E-state index contributed by atoms with van der Waals surface area (Å²) in [5, 5.41) is 26.4. The molecule has 0 bridgehead atoms. The molecule has 1 radical (unpaired) electrons. The van der Waals surface area contributed by atoms with Gasteiger partial charge >= 0.3 is 17.1 Å². The van der Waals surface area contributed by atoms with Crippen LogP contribution in [0.3, 0.4) is 0 Å². The first-order valence-electron chi connectivity index (χ1n) is 14.3. The van der Waals surface area contributed by atoms with Crippen LogP contribution in [-0.2, 0) is 17.1 Å². The number of thiazole rings is 2. The summed E-state index contributed by atoms with van der Waals surface area (Å²) in [6.45, 7) is 12.0. The molecule has 0 saturated heterocycles. The van der Waals surface area contributed by atoms with Crippen LogP contribution in [0.4, 0.5) is 11.4 Å². The molecular weight excluding hydrogens is 624 g/mol. The number of hydrogen-bond donors (Lipinski definition) is 0. The number of para-hydroxylation sites is 2. The second-order valence-corrected chi connectivity index (χ2v) is 11.7. The van der Waals surface area contributed by atoms with E-state index in [1.165, 1.54) is 0 Å². The Morgan fingerprint density at radius 1 is 0.558 bits per heavy atom. The Kier molecular flexibility index (Phi) is 11.0. The smallest absolute Gasteiger partial charge is 0.872 e. The average molecular weight is 658 g/mol. The van der Waals surface area contributed by atoms with E-state index in [1.807, 2.05) is 72.8 Å². The molecule has 0 aliphatic carbocycles. The summed E-state index contributed by atoms with van der Waals surface area (Å²) in [6.07, 6.45) is 0. The Morgan fingerprint density at radius 2 is 0.930 bits per heavy atom. The van der Waals surface area contributed by atoms with E-state index in [1.54, 1.807) is 34.8 Å². The predicted molar refractivity (Wildman–Crippen MR) is 176 cm³/mol. The first kappa shape index (κ1) is 32.3. The number of aromatic nitrogens is 2. The van der Waals surface area contributed by atoms with Crippen molar-refractivity contribution in [2.75, 3.05) is 36.0 Å². The fourth-order valence-corrected chi connectivity index (χ4v) is 6.91. The minimum absolute atomic E-state index is 0. The standard InChI is InChI=1S/2C17H18N2OS.Cu/c2*1-3-19(4-2)12-9-10-13(15(20)11-12)17-18-14-7-5-6-8-16(14)21-17;/h2*5-11,20H,3-4H2,1-2H3;/q;;+2/p-2. The molecule has 0 N–H and O–H groups in total. The van der Waals surface area contributed by atoms with Crippen molar-refractivity contribution in [3.8, 4) is 32.6 Å². The third-order valence-corrected chi connectivity index (χ3v) is 9.38. The predicted octanol–water partition coefficient (Wildman–Crippen LogP) is 7.76. The number of fused-ring (bicyclic) bond motifs is 2. The minimum atomic E-state index is 0. The molecule has 0 aliphatic heterocycles. The van der Waals surface area contributed by atoms with Gasteiger partial charge in [-0.15, -0.1) is 22.7 Å². The second-order valence-electron chi connectivity index (χ2n) is 9.68. The molecule has 9 heteroatoms. The van der Waals surface area contributed by atoms with Gasteiger partial charge < -0.3 is 20.0 Å². The van der Waals surface area contributed by atoms with Gasteiger partial charge in [0, 0.05) is 48.7 Å². The molecule has 225 valence electrons. The normalized spacial score (nSPS) is 10.7. The van der Waals surface area contributed by atoms with Crippen LogP contribution in [0.15, 0.2) is 84.9 Å². The zero-order valence-electron chi connectivity index (χ0n) is 24.6. The number of anilines is 2. The van der Waals surface area contributed by atoms with Gasteiger partial charge in [-0.3, -0.25) is 0 Å². The number of nitrogens with zero attached hydrogens (tertiary/aromatic N) is 4. The van der Waals surface area contributed by atoms with E-state index < -0.39 is 0 Å². The molecule has 43 heavy (non-hydrogen) atoms. The molecule has 0 aliphatic rings. The fourth-order valence-electron chi connectivity index (χ4n) is 4.92. The molecule has 0 unspecified atom stereocenters. The fraction of sp³-hybridized carbons (Fsp3) is 0.235. The summed E-state index contributed by atoms with van der Waals surface area (Å²) < 4.78 is 2.22. The van der Waals surface area contributed by atoms with Crippen molar-refractivity contribution < 1.29 is 27.3 Å². The number of benzene rings is 4. The molecule has 0 amide bonds. The summed E-state index contributed by atoms with van der Waals surface area (Å²) in [5.41, 5.74) is 5.23. The van der Waals surface area contributed by atoms with Crippen LogP contribution in [0, 0.1) is 0 Å². The Balaban J connectivity index is 0.000000192. The van der Waals surface area contributed by atoms with Gasteiger partial charge in [0.1, 0.15) is 10.0 Å². The van der Waals surface area contributed by atoms with Crippen molar-refractivity contribution in [1.82, 2.24) is 9.97 Å².